The SMILES string of the molecule is CCCc1ccc(CC(=O)NNC(=O)CCc2ccccc2)cc1. The van der Waals surface area contributed by atoms with Gasteiger partial charge in [0, 0.05) is 6.42 Å². The lowest BCUT2D eigenvalue weighted by atomic mass is 10.1. The molecule has 126 valence electrons. The first-order valence-corrected chi connectivity index (χ1v) is 8.37. The number of hydrogen-bond donors (Lipinski definition) is 2. The Kier molecular flexibility index (Phi) is 7.02. The third-order valence-corrected chi connectivity index (χ3v) is 3.75. The van der Waals surface area contributed by atoms with Crippen molar-refractivity contribution in [1.29, 1.82) is 0 Å². The van der Waals surface area contributed by atoms with Gasteiger partial charge in [-0.15, -0.1) is 0 Å². The van der Waals surface area contributed by atoms with Crippen LogP contribution in [0.2, 0.25) is 0 Å². The van der Waals surface area contributed by atoms with Crippen molar-refractivity contribution in [1.82, 2.24) is 10.9 Å². The van der Waals surface area contributed by atoms with Gasteiger partial charge in [-0.1, -0.05) is 67.9 Å². The summed E-state index contributed by atoms with van der Waals surface area (Å²) in [5, 5.41) is 0. The lowest BCUT2D eigenvalue weighted by Crippen LogP contribution is -2.42. The molecule has 0 saturated heterocycles. The van der Waals surface area contributed by atoms with Gasteiger partial charge in [-0.25, -0.2) is 0 Å². The standard InChI is InChI=1S/C20H24N2O2/c1-2-6-16-9-11-18(12-10-16)15-20(24)22-21-19(23)14-13-17-7-4-3-5-8-17/h3-5,7-12H,2,6,13-15H2,1H3,(H,21,23)(H,22,24). The topological polar surface area (TPSA) is 58.2 Å². The third-order valence-electron chi connectivity index (χ3n) is 3.75. The van der Waals surface area contributed by atoms with E-state index in [-0.39, 0.29) is 18.2 Å². The normalized spacial score (nSPS) is 10.2. The number of carbonyl (C=O) groups is 2. The lowest BCUT2D eigenvalue weighted by Gasteiger charge is -2.08. The number of aryl methyl sites for hydroxylation is 2. The molecule has 0 aliphatic rings. The van der Waals surface area contributed by atoms with E-state index in [0.29, 0.717) is 12.8 Å². The molecule has 0 unspecified atom stereocenters. The summed E-state index contributed by atoms with van der Waals surface area (Å²) in [4.78, 5) is 23.6. The van der Waals surface area contributed by atoms with Crippen LogP contribution >= 0.6 is 0 Å². The predicted molar refractivity (Wildman–Crippen MR) is 95.2 cm³/mol. The Labute approximate surface area is 143 Å². The van der Waals surface area contributed by atoms with E-state index in [2.05, 4.69) is 17.8 Å². The first-order valence-electron chi connectivity index (χ1n) is 8.37. The van der Waals surface area contributed by atoms with Crippen LogP contribution in [0.5, 0.6) is 0 Å². The highest BCUT2D eigenvalue weighted by molar-refractivity contribution is 5.83. The van der Waals surface area contributed by atoms with E-state index in [0.717, 1.165) is 24.0 Å². The summed E-state index contributed by atoms with van der Waals surface area (Å²) in [7, 11) is 0. The molecule has 0 radical (unpaired) electrons. The summed E-state index contributed by atoms with van der Waals surface area (Å²) in [5.74, 6) is -0.406. The summed E-state index contributed by atoms with van der Waals surface area (Å²) in [5.41, 5.74) is 8.25. The van der Waals surface area contributed by atoms with Gasteiger partial charge in [0.2, 0.25) is 11.8 Å². The van der Waals surface area contributed by atoms with Crippen molar-refractivity contribution >= 4 is 11.8 Å². The molecule has 2 rings (SSSR count). The maximum absolute atomic E-state index is 11.9. The van der Waals surface area contributed by atoms with Crippen LogP contribution in [0.3, 0.4) is 0 Å². The van der Waals surface area contributed by atoms with Gasteiger partial charge in [0.1, 0.15) is 0 Å². The van der Waals surface area contributed by atoms with E-state index < -0.39 is 0 Å². The van der Waals surface area contributed by atoms with E-state index in [9.17, 15) is 9.59 Å². The van der Waals surface area contributed by atoms with Crippen molar-refractivity contribution in [2.45, 2.75) is 39.0 Å². The Morgan fingerprint density at radius 1 is 0.750 bits per heavy atom. The zero-order chi connectivity index (χ0) is 17.2. The molecule has 2 aromatic carbocycles. The Balaban J connectivity index is 1.69. The first-order chi connectivity index (χ1) is 11.7. The van der Waals surface area contributed by atoms with Crippen molar-refractivity contribution in [2.24, 2.45) is 0 Å². The molecule has 0 atom stereocenters. The van der Waals surface area contributed by atoms with Gasteiger partial charge < -0.3 is 0 Å². The molecule has 0 fully saturated rings. The van der Waals surface area contributed by atoms with Gasteiger partial charge in [0.05, 0.1) is 6.42 Å². The summed E-state index contributed by atoms with van der Waals surface area (Å²) < 4.78 is 0. The number of hydrogen-bond acceptors (Lipinski definition) is 2. The summed E-state index contributed by atoms with van der Waals surface area (Å²) in [6, 6.07) is 17.8. The maximum atomic E-state index is 11.9. The molecule has 4 nitrogen and oxygen atoms in total. The van der Waals surface area contributed by atoms with Crippen LogP contribution in [0.15, 0.2) is 54.6 Å². The van der Waals surface area contributed by atoms with E-state index in [4.69, 9.17) is 0 Å². The number of carbonyl (C=O) groups excluding carboxylic acids is 2. The molecule has 0 spiro atoms. The molecule has 0 aliphatic heterocycles. The van der Waals surface area contributed by atoms with Gasteiger partial charge in [-0.3, -0.25) is 20.4 Å². The van der Waals surface area contributed by atoms with Crippen LogP contribution in [-0.2, 0) is 28.9 Å². The van der Waals surface area contributed by atoms with Crippen molar-refractivity contribution in [3.8, 4) is 0 Å². The third kappa shape index (κ3) is 6.24. The molecule has 0 saturated carbocycles. The molecular weight excluding hydrogens is 300 g/mol. The molecule has 0 bridgehead atoms. The minimum absolute atomic E-state index is 0.189. The smallest absolute Gasteiger partial charge is 0.242 e. The van der Waals surface area contributed by atoms with Crippen molar-refractivity contribution in [3.05, 3.63) is 71.3 Å². The Morgan fingerprint density at radius 2 is 1.33 bits per heavy atom. The molecule has 2 N–H and O–H groups in total. The van der Waals surface area contributed by atoms with Crippen molar-refractivity contribution in [3.63, 3.8) is 0 Å². The minimum atomic E-state index is -0.216. The summed E-state index contributed by atoms with van der Waals surface area (Å²) in [6.07, 6.45) is 3.40. The highest BCUT2D eigenvalue weighted by atomic mass is 16.2. The van der Waals surface area contributed by atoms with Gasteiger partial charge in [-0.05, 0) is 29.5 Å². The van der Waals surface area contributed by atoms with Crippen LogP contribution in [0.1, 0.15) is 36.5 Å². The van der Waals surface area contributed by atoms with E-state index in [1.165, 1.54) is 5.56 Å². The molecule has 24 heavy (non-hydrogen) atoms. The molecular formula is C20H24N2O2. The number of hydrazine groups is 1. The summed E-state index contributed by atoms with van der Waals surface area (Å²) in [6.45, 7) is 2.14. The zero-order valence-electron chi connectivity index (χ0n) is 14.0. The van der Waals surface area contributed by atoms with Crippen molar-refractivity contribution in [2.75, 3.05) is 0 Å². The van der Waals surface area contributed by atoms with E-state index in [1.54, 1.807) is 0 Å². The Hall–Kier alpha value is -2.62. The van der Waals surface area contributed by atoms with E-state index in [1.807, 2.05) is 54.6 Å². The number of benzene rings is 2. The fraction of sp³-hybridized carbons (Fsp3) is 0.300. The van der Waals surface area contributed by atoms with Crippen LogP contribution in [0, 0.1) is 0 Å². The van der Waals surface area contributed by atoms with Crippen LogP contribution in [0.25, 0.3) is 0 Å². The predicted octanol–water partition coefficient (Wildman–Crippen LogP) is 2.96. The average Bonchev–Trinajstić information content (AvgIpc) is 2.61. The lowest BCUT2D eigenvalue weighted by molar-refractivity contribution is -0.128. The fourth-order valence-corrected chi connectivity index (χ4v) is 2.45. The van der Waals surface area contributed by atoms with Gasteiger partial charge in [0.15, 0.2) is 0 Å². The van der Waals surface area contributed by atoms with Gasteiger partial charge in [0.25, 0.3) is 0 Å². The number of rotatable bonds is 7. The maximum Gasteiger partial charge on any atom is 0.242 e. The first kappa shape index (κ1) is 17.7. The Morgan fingerprint density at radius 3 is 2.00 bits per heavy atom. The molecule has 2 amide bonds. The molecule has 0 aliphatic carbocycles. The second-order valence-electron chi connectivity index (χ2n) is 5.83. The second kappa shape index (κ2) is 9.50. The molecule has 2 aromatic rings. The molecule has 0 heterocycles. The van der Waals surface area contributed by atoms with Crippen LogP contribution in [0.4, 0.5) is 0 Å². The molecule has 0 aromatic heterocycles. The summed E-state index contributed by atoms with van der Waals surface area (Å²) >= 11 is 0. The minimum Gasteiger partial charge on any atom is -0.273 e. The van der Waals surface area contributed by atoms with Crippen LogP contribution < -0.4 is 10.9 Å². The monoisotopic (exact) mass is 324 g/mol. The molecule has 4 heteroatoms. The van der Waals surface area contributed by atoms with Gasteiger partial charge >= 0.3 is 0 Å². The largest absolute Gasteiger partial charge is 0.273 e. The quantitative estimate of drug-likeness (QED) is 0.769. The second-order valence-corrected chi connectivity index (χ2v) is 5.83. The van der Waals surface area contributed by atoms with Crippen LogP contribution in [-0.4, -0.2) is 11.8 Å². The number of amides is 2. The van der Waals surface area contributed by atoms with E-state index >= 15 is 0 Å². The number of nitrogens with one attached hydrogen (secondary N) is 2. The average molecular weight is 324 g/mol. The zero-order valence-corrected chi connectivity index (χ0v) is 14.0. The van der Waals surface area contributed by atoms with Gasteiger partial charge in [-0.2, -0.15) is 0 Å². The highest BCUT2D eigenvalue weighted by Crippen LogP contribution is 2.07. The van der Waals surface area contributed by atoms with Crippen molar-refractivity contribution < 1.29 is 9.59 Å². The fourth-order valence-electron chi connectivity index (χ4n) is 2.45. The highest BCUT2D eigenvalue weighted by Gasteiger charge is 2.06. The Bertz CT molecular complexity index is 651.